The van der Waals surface area contributed by atoms with E-state index in [2.05, 4.69) is 19.2 Å². The van der Waals surface area contributed by atoms with Crippen molar-refractivity contribution < 1.29 is 13.9 Å². The molecule has 0 aliphatic heterocycles. The Balaban J connectivity index is 2.39. The maximum atomic E-state index is 5.67. The van der Waals surface area contributed by atoms with Crippen LogP contribution in [0.3, 0.4) is 0 Å². The minimum Gasteiger partial charge on any atom is -0.493 e. The zero-order valence-corrected chi connectivity index (χ0v) is 13.1. The Morgan fingerprint density at radius 1 is 1.14 bits per heavy atom. The molecule has 1 aromatic heterocycles. The molecule has 0 aliphatic rings. The van der Waals surface area contributed by atoms with E-state index in [-0.39, 0.29) is 6.04 Å². The monoisotopic (exact) mass is 289 g/mol. The van der Waals surface area contributed by atoms with Gasteiger partial charge in [-0.25, -0.2) is 0 Å². The first-order valence-electron chi connectivity index (χ1n) is 7.20. The number of aryl methyl sites for hydroxylation is 1. The van der Waals surface area contributed by atoms with Gasteiger partial charge in [0.2, 0.25) is 0 Å². The molecule has 0 saturated carbocycles. The van der Waals surface area contributed by atoms with Gasteiger partial charge in [0.1, 0.15) is 5.76 Å². The zero-order chi connectivity index (χ0) is 15.2. The van der Waals surface area contributed by atoms with E-state index >= 15 is 0 Å². The van der Waals surface area contributed by atoms with Crippen LogP contribution in [0.4, 0.5) is 0 Å². The standard InChI is InChI=1S/C17H23NO3/c1-5-9-18-16(17-12(2)8-10-21-17)13-6-7-14(19-3)15(11-13)20-4/h6-8,10-11,16,18H,5,9H2,1-4H3. The lowest BCUT2D eigenvalue weighted by atomic mass is 10.0. The highest BCUT2D eigenvalue weighted by Crippen LogP contribution is 2.33. The molecule has 1 atom stereocenters. The van der Waals surface area contributed by atoms with E-state index in [1.165, 1.54) is 0 Å². The maximum absolute atomic E-state index is 5.67. The fraction of sp³-hybridized carbons (Fsp3) is 0.412. The third kappa shape index (κ3) is 3.39. The van der Waals surface area contributed by atoms with Crippen molar-refractivity contribution in [2.45, 2.75) is 26.3 Å². The smallest absolute Gasteiger partial charge is 0.161 e. The Hall–Kier alpha value is -1.94. The summed E-state index contributed by atoms with van der Waals surface area (Å²) in [4.78, 5) is 0. The summed E-state index contributed by atoms with van der Waals surface area (Å²) < 4.78 is 16.4. The molecule has 114 valence electrons. The highest BCUT2D eigenvalue weighted by Gasteiger charge is 2.20. The Bertz CT molecular complexity index is 577. The van der Waals surface area contributed by atoms with Crippen molar-refractivity contribution in [3.05, 3.63) is 47.4 Å². The van der Waals surface area contributed by atoms with E-state index in [0.29, 0.717) is 0 Å². The van der Waals surface area contributed by atoms with Gasteiger partial charge in [-0.3, -0.25) is 0 Å². The van der Waals surface area contributed by atoms with E-state index in [1.807, 2.05) is 24.3 Å². The van der Waals surface area contributed by atoms with E-state index in [9.17, 15) is 0 Å². The first-order valence-corrected chi connectivity index (χ1v) is 7.20. The summed E-state index contributed by atoms with van der Waals surface area (Å²) in [6.07, 6.45) is 2.79. The fourth-order valence-electron chi connectivity index (χ4n) is 2.36. The lowest BCUT2D eigenvalue weighted by Crippen LogP contribution is -2.23. The van der Waals surface area contributed by atoms with Crippen LogP contribution in [0.25, 0.3) is 0 Å². The number of furan rings is 1. The minimum atomic E-state index is 0.0137. The Labute approximate surface area is 126 Å². The summed E-state index contributed by atoms with van der Waals surface area (Å²) in [6, 6.07) is 7.95. The topological polar surface area (TPSA) is 43.6 Å². The van der Waals surface area contributed by atoms with Crippen LogP contribution in [-0.4, -0.2) is 20.8 Å². The molecule has 2 aromatic rings. The predicted molar refractivity (Wildman–Crippen MR) is 83.1 cm³/mol. The number of rotatable bonds is 7. The van der Waals surface area contributed by atoms with E-state index < -0.39 is 0 Å². The van der Waals surface area contributed by atoms with Crippen molar-refractivity contribution in [1.82, 2.24) is 5.32 Å². The van der Waals surface area contributed by atoms with Crippen LogP contribution in [0.5, 0.6) is 11.5 Å². The second-order valence-electron chi connectivity index (χ2n) is 4.97. The normalized spacial score (nSPS) is 12.2. The Kier molecular flexibility index (Phi) is 5.28. The molecule has 1 aromatic carbocycles. The van der Waals surface area contributed by atoms with Crippen LogP contribution in [-0.2, 0) is 0 Å². The summed E-state index contributed by atoms with van der Waals surface area (Å²) in [5.74, 6) is 2.39. The Morgan fingerprint density at radius 3 is 2.48 bits per heavy atom. The molecule has 0 fully saturated rings. The third-order valence-electron chi connectivity index (χ3n) is 3.50. The summed E-state index contributed by atoms with van der Waals surface area (Å²) in [6.45, 7) is 5.12. The van der Waals surface area contributed by atoms with Gasteiger partial charge in [0, 0.05) is 0 Å². The molecule has 0 radical (unpaired) electrons. The van der Waals surface area contributed by atoms with Gasteiger partial charge < -0.3 is 19.2 Å². The lowest BCUT2D eigenvalue weighted by molar-refractivity contribution is 0.353. The second kappa shape index (κ2) is 7.18. The van der Waals surface area contributed by atoms with Gasteiger partial charge in [-0.05, 0) is 49.2 Å². The van der Waals surface area contributed by atoms with Gasteiger partial charge in [0.05, 0.1) is 26.5 Å². The number of hydrogen-bond acceptors (Lipinski definition) is 4. The average molecular weight is 289 g/mol. The quantitative estimate of drug-likeness (QED) is 0.844. The number of ether oxygens (including phenoxy) is 2. The molecular weight excluding hydrogens is 266 g/mol. The van der Waals surface area contributed by atoms with Crippen molar-refractivity contribution in [2.24, 2.45) is 0 Å². The van der Waals surface area contributed by atoms with Crippen LogP contribution in [0.1, 0.15) is 36.3 Å². The largest absolute Gasteiger partial charge is 0.493 e. The molecule has 4 nitrogen and oxygen atoms in total. The number of nitrogens with one attached hydrogen (secondary N) is 1. The molecule has 1 heterocycles. The summed E-state index contributed by atoms with van der Waals surface area (Å²) in [5.41, 5.74) is 2.23. The first kappa shape index (κ1) is 15.4. The first-order chi connectivity index (χ1) is 10.2. The molecule has 0 aliphatic carbocycles. The highest BCUT2D eigenvalue weighted by molar-refractivity contribution is 5.45. The van der Waals surface area contributed by atoms with Gasteiger partial charge in [0.15, 0.2) is 11.5 Å². The van der Waals surface area contributed by atoms with Crippen molar-refractivity contribution in [3.63, 3.8) is 0 Å². The molecule has 21 heavy (non-hydrogen) atoms. The lowest BCUT2D eigenvalue weighted by Gasteiger charge is -2.19. The van der Waals surface area contributed by atoms with Crippen molar-refractivity contribution in [1.29, 1.82) is 0 Å². The molecular formula is C17H23NO3. The van der Waals surface area contributed by atoms with E-state index in [0.717, 1.165) is 41.4 Å². The number of hydrogen-bond donors (Lipinski definition) is 1. The van der Waals surface area contributed by atoms with Crippen molar-refractivity contribution in [2.75, 3.05) is 20.8 Å². The zero-order valence-electron chi connectivity index (χ0n) is 13.1. The van der Waals surface area contributed by atoms with Crippen LogP contribution in [0.2, 0.25) is 0 Å². The van der Waals surface area contributed by atoms with Crippen LogP contribution in [0, 0.1) is 6.92 Å². The minimum absolute atomic E-state index is 0.0137. The van der Waals surface area contributed by atoms with Crippen molar-refractivity contribution in [3.8, 4) is 11.5 Å². The highest BCUT2D eigenvalue weighted by atomic mass is 16.5. The predicted octanol–water partition coefficient (Wildman–Crippen LogP) is 3.69. The van der Waals surface area contributed by atoms with Crippen LogP contribution >= 0.6 is 0 Å². The van der Waals surface area contributed by atoms with E-state index in [1.54, 1.807) is 20.5 Å². The molecule has 4 heteroatoms. The maximum Gasteiger partial charge on any atom is 0.161 e. The van der Waals surface area contributed by atoms with Gasteiger partial charge in [0.25, 0.3) is 0 Å². The number of methoxy groups -OCH3 is 2. The Morgan fingerprint density at radius 2 is 1.90 bits per heavy atom. The molecule has 1 unspecified atom stereocenters. The van der Waals surface area contributed by atoms with Crippen molar-refractivity contribution >= 4 is 0 Å². The third-order valence-corrected chi connectivity index (χ3v) is 3.50. The van der Waals surface area contributed by atoms with E-state index in [4.69, 9.17) is 13.9 Å². The molecule has 0 amide bonds. The molecule has 2 rings (SSSR count). The summed E-state index contributed by atoms with van der Waals surface area (Å²) in [5, 5.41) is 3.53. The van der Waals surface area contributed by atoms with Gasteiger partial charge in [-0.15, -0.1) is 0 Å². The van der Waals surface area contributed by atoms with Gasteiger partial charge >= 0.3 is 0 Å². The fourth-order valence-corrected chi connectivity index (χ4v) is 2.36. The molecule has 1 N–H and O–H groups in total. The van der Waals surface area contributed by atoms with Gasteiger partial charge in [-0.1, -0.05) is 13.0 Å². The molecule has 0 bridgehead atoms. The van der Waals surface area contributed by atoms with Gasteiger partial charge in [-0.2, -0.15) is 0 Å². The summed E-state index contributed by atoms with van der Waals surface area (Å²) >= 11 is 0. The summed E-state index contributed by atoms with van der Waals surface area (Å²) in [7, 11) is 3.29. The average Bonchev–Trinajstić information content (AvgIpc) is 2.93. The number of benzene rings is 1. The SMILES string of the molecule is CCCNC(c1ccc(OC)c(OC)c1)c1occc1C. The second-order valence-corrected chi connectivity index (χ2v) is 4.97. The molecule has 0 saturated heterocycles. The van der Waals surface area contributed by atoms with Crippen LogP contribution < -0.4 is 14.8 Å². The van der Waals surface area contributed by atoms with Crippen LogP contribution in [0.15, 0.2) is 34.9 Å². The molecule has 0 spiro atoms.